The van der Waals surface area contributed by atoms with E-state index in [-0.39, 0.29) is 10.6 Å². The van der Waals surface area contributed by atoms with E-state index in [0.717, 1.165) is 28.7 Å². The molecule has 0 aromatic heterocycles. The molecule has 1 saturated heterocycles. The molecule has 22 heavy (non-hydrogen) atoms. The maximum absolute atomic E-state index is 10.8. The molecule has 0 bridgehead atoms. The average Bonchev–Trinajstić information content (AvgIpc) is 2.98. The first-order valence-corrected chi connectivity index (χ1v) is 8.53. The largest absolute Gasteiger partial charge is 0.344 e. The fraction of sp³-hybridized carbons (Fsp3) is 0.438. The van der Waals surface area contributed by atoms with Gasteiger partial charge in [0.05, 0.1) is 10.6 Å². The average molecular weight is 317 g/mol. The molecule has 1 aliphatic carbocycles. The van der Waals surface area contributed by atoms with Crippen molar-refractivity contribution >= 4 is 28.3 Å². The summed E-state index contributed by atoms with van der Waals surface area (Å²) in [4.78, 5) is 17.6. The van der Waals surface area contributed by atoms with Gasteiger partial charge in [-0.15, -0.1) is 0 Å². The molecule has 3 rings (SSSR count). The number of aliphatic imine (C=N–C) groups is 1. The molecular formula is C16H19N3O2S. The van der Waals surface area contributed by atoms with Gasteiger partial charge in [0.1, 0.15) is 0 Å². The van der Waals surface area contributed by atoms with Gasteiger partial charge in [-0.3, -0.25) is 10.1 Å². The molecule has 116 valence electrons. The van der Waals surface area contributed by atoms with E-state index in [4.69, 9.17) is 4.99 Å². The Bertz CT molecular complexity index is 642. The van der Waals surface area contributed by atoms with Gasteiger partial charge >= 0.3 is 0 Å². The van der Waals surface area contributed by atoms with Crippen molar-refractivity contribution in [1.82, 2.24) is 4.90 Å². The molecule has 6 heteroatoms. The normalized spacial score (nSPS) is 23.2. The topological polar surface area (TPSA) is 58.7 Å². The predicted molar refractivity (Wildman–Crippen MR) is 90.9 cm³/mol. The highest BCUT2D eigenvalue weighted by atomic mass is 32.2. The van der Waals surface area contributed by atoms with Crippen LogP contribution in [0, 0.1) is 17.0 Å². The number of amidine groups is 1. The van der Waals surface area contributed by atoms with E-state index < -0.39 is 0 Å². The molecule has 2 aliphatic rings. The summed E-state index contributed by atoms with van der Waals surface area (Å²) in [5.41, 5.74) is 1.78. The van der Waals surface area contributed by atoms with Crippen molar-refractivity contribution in [3.05, 3.63) is 46.0 Å². The van der Waals surface area contributed by atoms with Crippen LogP contribution in [-0.2, 0) is 0 Å². The van der Waals surface area contributed by atoms with E-state index in [9.17, 15) is 10.1 Å². The third-order valence-electron chi connectivity index (χ3n) is 4.05. The number of rotatable bonds is 3. The minimum Gasteiger partial charge on any atom is -0.344 e. The van der Waals surface area contributed by atoms with Crippen LogP contribution < -0.4 is 0 Å². The van der Waals surface area contributed by atoms with Crippen LogP contribution in [0.25, 0.3) is 0 Å². The third-order valence-corrected chi connectivity index (χ3v) is 5.02. The van der Waals surface area contributed by atoms with Gasteiger partial charge in [0, 0.05) is 30.5 Å². The van der Waals surface area contributed by atoms with Crippen molar-refractivity contribution in [2.75, 3.05) is 12.3 Å². The first kappa shape index (κ1) is 15.1. The van der Waals surface area contributed by atoms with Gasteiger partial charge in [-0.05, 0) is 37.8 Å². The lowest BCUT2D eigenvalue weighted by molar-refractivity contribution is -0.384. The minimum atomic E-state index is -0.368. The molecule has 1 atom stereocenters. The van der Waals surface area contributed by atoms with E-state index >= 15 is 0 Å². The Morgan fingerprint density at radius 2 is 2.32 bits per heavy atom. The second kappa shape index (κ2) is 6.52. The maximum Gasteiger partial charge on any atom is 0.269 e. The van der Waals surface area contributed by atoms with Crippen LogP contribution in [0.1, 0.15) is 24.8 Å². The Morgan fingerprint density at radius 3 is 3.00 bits per heavy atom. The molecule has 0 amide bonds. The van der Waals surface area contributed by atoms with Gasteiger partial charge in [-0.2, -0.15) is 0 Å². The van der Waals surface area contributed by atoms with Crippen LogP contribution in [0.5, 0.6) is 0 Å². The SMILES string of the molecule is Cc1cc([N+](=O)[O-])ccc1/N=C1\SCCN1C1C=CCCC1. The number of benzene rings is 1. The minimum absolute atomic E-state index is 0.118. The van der Waals surface area contributed by atoms with Gasteiger partial charge in [0.15, 0.2) is 5.17 Å². The van der Waals surface area contributed by atoms with Crippen LogP contribution >= 0.6 is 11.8 Å². The van der Waals surface area contributed by atoms with Gasteiger partial charge in [-0.25, -0.2) is 4.99 Å². The van der Waals surface area contributed by atoms with Crippen molar-refractivity contribution in [1.29, 1.82) is 0 Å². The van der Waals surface area contributed by atoms with Crippen molar-refractivity contribution in [2.24, 2.45) is 4.99 Å². The molecule has 1 aromatic rings. The van der Waals surface area contributed by atoms with E-state index in [1.54, 1.807) is 23.9 Å². The number of aryl methyl sites for hydroxylation is 1. The van der Waals surface area contributed by atoms with E-state index in [1.807, 2.05) is 6.92 Å². The lowest BCUT2D eigenvalue weighted by Crippen LogP contribution is -2.35. The smallest absolute Gasteiger partial charge is 0.269 e. The number of nitrogens with zero attached hydrogens (tertiary/aromatic N) is 3. The van der Waals surface area contributed by atoms with Crippen molar-refractivity contribution in [3.8, 4) is 0 Å². The third kappa shape index (κ3) is 3.16. The summed E-state index contributed by atoms with van der Waals surface area (Å²) >= 11 is 1.77. The Hall–Kier alpha value is -1.82. The number of hydrogen-bond donors (Lipinski definition) is 0. The number of hydrogen-bond acceptors (Lipinski definition) is 4. The second-order valence-electron chi connectivity index (χ2n) is 5.59. The quantitative estimate of drug-likeness (QED) is 0.479. The fourth-order valence-corrected chi connectivity index (χ4v) is 3.88. The standard InChI is InChI=1S/C16H19N3O2S/c1-12-11-14(19(20)21)7-8-15(12)17-16-18(9-10-22-16)13-5-3-2-4-6-13/h3,5,7-8,11,13H,2,4,6,9-10H2,1H3/b17-16-. The van der Waals surface area contributed by atoms with Crippen molar-refractivity contribution < 1.29 is 4.92 Å². The summed E-state index contributed by atoms with van der Waals surface area (Å²) in [6.07, 6.45) is 8.12. The summed E-state index contributed by atoms with van der Waals surface area (Å²) in [6, 6.07) is 5.30. The maximum atomic E-state index is 10.8. The van der Waals surface area contributed by atoms with E-state index in [1.165, 1.54) is 25.3 Å². The van der Waals surface area contributed by atoms with Crippen LogP contribution in [0.2, 0.25) is 0 Å². The summed E-state index contributed by atoms with van der Waals surface area (Å²) < 4.78 is 0. The van der Waals surface area contributed by atoms with E-state index in [2.05, 4.69) is 17.1 Å². The first-order chi connectivity index (χ1) is 10.6. The monoisotopic (exact) mass is 317 g/mol. The number of non-ortho nitro benzene ring substituents is 1. The Morgan fingerprint density at radius 1 is 1.45 bits per heavy atom. The van der Waals surface area contributed by atoms with Crippen LogP contribution in [-0.4, -0.2) is 33.3 Å². The van der Waals surface area contributed by atoms with Gasteiger partial charge in [0.2, 0.25) is 0 Å². The van der Waals surface area contributed by atoms with Crippen LogP contribution in [0.15, 0.2) is 35.3 Å². The zero-order valence-electron chi connectivity index (χ0n) is 12.6. The Balaban J connectivity index is 1.85. The van der Waals surface area contributed by atoms with Crippen LogP contribution in [0.3, 0.4) is 0 Å². The van der Waals surface area contributed by atoms with Gasteiger partial charge in [-0.1, -0.05) is 23.9 Å². The number of nitro groups is 1. The molecule has 1 fully saturated rings. The van der Waals surface area contributed by atoms with E-state index in [0.29, 0.717) is 6.04 Å². The number of thioether (sulfide) groups is 1. The molecule has 5 nitrogen and oxygen atoms in total. The first-order valence-electron chi connectivity index (χ1n) is 7.55. The molecule has 0 spiro atoms. The molecule has 1 unspecified atom stereocenters. The summed E-state index contributed by atoms with van der Waals surface area (Å²) in [5.74, 6) is 1.05. The van der Waals surface area contributed by atoms with Gasteiger partial charge in [0.25, 0.3) is 5.69 Å². The molecular weight excluding hydrogens is 298 g/mol. The predicted octanol–water partition coefficient (Wildman–Crippen LogP) is 4.05. The van der Waals surface area contributed by atoms with Gasteiger partial charge < -0.3 is 4.90 Å². The van der Waals surface area contributed by atoms with Crippen LogP contribution in [0.4, 0.5) is 11.4 Å². The highest BCUT2D eigenvalue weighted by Crippen LogP contribution is 2.30. The Labute approximate surface area is 134 Å². The van der Waals surface area contributed by atoms with Crippen molar-refractivity contribution in [3.63, 3.8) is 0 Å². The number of allylic oxidation sites excluding steroid dienone is 1. The molecule has 1 aromatic carbocycles. The molecule has 0 N–H and O–H groups in total. The molecule has 1 aliphatic heterocycles. The summed E-state index contributed by atoms with van der Waals surface area (Å²) in [5, 5.41) is 11.9. The summed E-state index contributed by atoms with van der Waals surface area (Å²) in [6.45, 7) is 2.89. The molecule has 1 heterocycles. The molecule has 0 radical (unpaired) electrons. The number of nitro benzene ring substituents is 1. The lowest BCUT2D eigenvalue weighted by atomic mass is 10.0. The molecule has 0 saturated carbocycles. The zero-order chi connectivity index (χ0) is 15.5. The second-order valence-corrected chi connectivity index (χ2v) is 6.65. The fourth-order valence-electron chi connectivity index (χ4n) is 2.85. The highest BCUT2D eigenvalue weighted by molar-refractivity contribution is 8.14. The lowest BCUT2D eigenvalue weighted by Gasteiger charge is -2.28. The zero-order valence-corrected chi connectivity index (χ0v) is 13.4. The Kier molecular flexibility index (Phi) is 4.47. The van der Waals surface area contributed by atoms with Crippen molar-refractivity contribution in [2.45, 2.75) is 32.2 Å². The summed E-state index contributed by atoms with van der Waals surface area (Å²) in [7, 11) is 0. The highest BCUT2D eigenvalue weighted by Gasteiger charge is 2.26.